The van der Waals surface area contributed by atoms with E-state index in [2.05, 4.69) is 44.9 Å². The van der Waals surface area contributed by atoms with E-state index in [0.29, 0.717) is 24.2 Å². The number of urea groups is 1. The third kappa shape index (κ3) is 5.18. The standard InChI is InChI=1S/C17H30N2O2/c1-6-14(8-12(3)4)9-15(11-20)18-16(21)19-17(7-2)10-13(17)5/h7,11-15H,2,6,8-10H2,1,3-5H3,(H2,18,19,21). The number of hydrogen-bond donors (Lipinski definition) is 2. The number of carbonyl (C=O) groups excluding carboxylic acids is 2. The summed E-state index contributed by atoms with van der Waals surface area (Å²) >= 11 is 0. The first-order valence-electron chi connectivity index (χ1n) is 8.04. The number of carbonyl (C=O) groups is 2. The molecular weight excluding hydrogens is 264 g/mol. The molecule has 0 spiro atoms. The summed E-state index contributed by atoms with van der Waals surface area (Å²) in [4.78, 5) is 23.3. The zero-order valence-corrected chi connectivity index (χ0v) is 13.8. The first-order chi connectivity index (χ1) is 9.86. The average molecular weight is 294 g/mol. The van der Waals surface area contributed by atoms with Crippen molar-refractivity contribution in [2.24, 2.45) is 17.8 Å². The van der Waals surface area contributed by atoms with E-state index >= 15 is 0 Å². The highest BCUT2D eigenvalue weighted by Gasteiger charge is 2.49. The zero-order valence-electron chi connectivity index (χ0n) is 13.8. The average Bonchev–Trinajstić information content (AvgIpc) is 3.06. The Balaban J connectivity index is 2.47. The lowest BCUT2D eigenvalue weighted by Crippen LogP contribution is -2.48. The highest BCUT2D eigenvalue weighted by molar-refractivity contribution is 5.79. The Labute approximate surface area is 128 Å². The van der Waals surface area contributed by atoms with Crippen molar-refractivity contribution in [2.45, 2.75) is 65.0 Å². The van der Waals surface area contributed by atoms with Gasteiger partial charge in [0.2, 0.25) is 0 Å². The molecule has 1 aliphatic carbocycles. The lowest BCUT2D eigenvalue weighted by atomic mass is 9.89. The number of rotatable bonds is 9. The van der Waals surface area contributed by atoms with Crippen LogP contribution in [0.4, 0.5) is 4.79 Å². The van der Waals surface area contributed by atoms with Crippen molar-refractivity contribution >= 4 is 12.3 Å². The van der Waals surface area contributed by atoms with Gasteiger partial charge in [0, 0.05) is 0 Å². The molecule has 1 aliphatic rings. The molecular formula is C17H30N2O2. The van der Waals surface area contributed by atoms with Gasteiger partial charge >= 0.3 is 6.03 Å². The number of hydrogen-bond acceptors (Lipinski definition) is 2. The van der Waals surface area contributed by atoms with E-state index in [1.54, 1.807) is 6.08 Å². The molecule has 0 aromatic rings. The smallest absolute Gasteiger partial charge is 0.316 e. The quantitative estimate of drug-likeness (QED) is 0.506. The second-order valence-corrected chi connectivity index (χ2v) is 6.83. The largest absolute Gasteiger partial charge is 0.329 e. The first-order valence-corrected chi connectivity index (χ1v) is 8.04. The number of aldehydes is 1. The second kappa shape index (κ2) is 7.62. The SMILES string of the molecule is C=CC1(NC(=O)NC(C=O)CC(CC)CC(C)C)CC1C. The van der Waals surface area contributed by atoms with Gasteiger partial charge in [-0.15, -0.1) is 6.58 Å². The van der Waals surface area contributed by atoms with Crippen LogP contribution in [0.15, 0.2) is 12.7 Å². The summed E-state index contributed by atoms with van der Waals surface area (Å²) in [5, 5.41) is 5.73. The van der Waals surface area contributed by atoms with Gasteiger partial charge in [-0.3, -0.25) is 0 Å². The molecule has 1 fully saturated rings. The molecule has 4 nitrogen and oxygen atoms in total. The number of nitrogens with one attached hydrogen (secondary N) is 2. The summed E-state index contributed by atoms with van der Waals surface area (Å²) < 4.78 is 0. The summed E-state index contributed by atoms with van der Waals surface area (Å²) in [6, 6.07) is -0.680. The summed E-state index contributed by atoms with van der Waals surface area (Å²) in [5.74, 6) is 1.49. The highest BCUT2D eigenvalue weighted by atomic mass is 16.2. The molecule has 0 aromatic heterocycles. The van der Waals surface area contributed by atoms with Crippen molar-refractivity contribution in [1.82, 2.24) is 10.6 Å². The van der Waals surface area contributed by atoms with Gasteiger partial charge in [-0.1, -0.05) is 40.2 Å². The third-order valence-corrected chi connectivity index (χ3v) is 4.52. The molecule has 4 atom stereocenters. The zero-order chi connectivity index (χ0) is 16.0. The van der Waals surface area contributed by atoms with Crippen molar-refractivity contribution in [1.29, 1.82) is 0 Å². The molecule has 0 aliphatic heterocycles. The van der Waals surface area contributed by atoms with Gasteiger partial charge in [0.25, 0.3) is 0 Å². The molecule has 2 amide bonds. The van der Waals surface area contributed by atoms with Crippen LogP contribution in [-0.2, 0) is 4.79 Å². The minimum Gasteiger partial charge on any atom is -0.329 e. The van der Waals surface area contributed by atoms with E-state index in [0.717, 1.165) is 25.5 Å². The van der Waals surface area contributed by atoms with Crippen LogP contribution < -0.4 is 10.6 Å². The molecule has 0 radical (unpaired) electrons. The predicted octanol–water partition coefficient (Wildman–Crippen LogP) is 3.28. The molecule has 1 saturated carbocycles. The molecule has 21 heavy (non-hydrogen) atoms. The van der Waals surface area contributed by atoms with E-state index in [-0.39, 0.29) is 11.6 Å². The maximum Gasteiger partial charge on any atom is 0.316 e. The lowest BCUT2D eigenvalue weighted by molar-refractivity contribution is -0.109. The van der Waals surface area contributed by atoms with Gasteiger partial charge in [-0.2, -0.15) is 0 Å². The summed E-state index contributed by atoms with van der Waals surface area (Å²) in [6.45, 7) is 12.4. The summed E-state index contributed by atoms with van der Waals surface area (Å²) in [5.41, 5.74) is -0.278. The predicted molar refractivity (Wildman–Crippen MR) is 86.1 cm³/mol. The summed E-state index contributed by atoms with van der Waals surface area (Å²) in [6.07, 6.45) is 6.38. The van der Waals surface area contributed by atoms with Crippen molar-refractivity contribution in [3.05, 3.63) is 12.7 Å². The molecule has 4 unspecified atom stereocenters. The van der Waals surface area contributed by atoms with E-state index in [1.807, 2.05) is 0 Å². The van der Waals surface area contributed by atoms with E-state index < -0.39 is 6.04 Å². The fourth-order valence-corrected chi connectivity index (χ4v) is 2.98. The fourth-order valence-electron chi connectivity index (χ4n) is 2.98. The van der Waals surface area contributed by atoms with Crippen LogP contribution in [0.3, 0.4) is 0 Å². The van der Waals surface area contributed by atoms with Crippen LogP contribution in [0.1, 0.15) is 53.4 Å². The number of amides is 2. The fraction of sp³-hybridized carbons (Fsp3) is 0.765. The molecule has 4 heteroatoms. The van der Waals surface area contributed by atoms with Gasteiger partial charge in [-0.05, 0) is 37.0 Å². The van der Waals surface area contributed by atoms with Crippen LogP contribution in [0, 0.1) is 17.8 Å². The van der Waals surface area contributed by atoms with Gasteiger partial charge in [-0.25, -0.2) is 4.79 Å². The monoisotopic (exact) mass is 294 g/mol. The van der Waals surface area contributed by atoms with Gasteiger partial charge in [0.1, 0.15) is 6.29 Å². The molecule has 1 rings (SSSR count). The molecule has 0 bridgehead atoms. The van der Waals surface area contributed by atoms with Crippen LogP contribution in [0.2, 0.25) is 0 Å². The van der Waals surface area contributed by atoms with Crippen LogP contribution in [0.25, 0.3) is 0 Å². The summed E-state index contributed by atoms with van der Waals surface area (Å²) in [7, 11) is 0. The van der Waals surface area contributed by atoms with Crippen molar-refractivity contribution in [3.63, 3.8) is 0 Å². The molecule has 2 N–H and O–H groups in total. The minimum atomic E-state index is -0.412. The molecule has 120 valence electrons. The maximum absolute atomic E-state index is 12.0. The maximum atomic E-state index is 12.0. The van der Waals surface area contributed by atoms with Crippen molar-refractivity contribution < 1.29 is 9.59 Å². The second-order valence-electron chi connectivity index (χ2n) is 6.83. The Bertz CT molecular complexity index is 381. The first kappa shape index (κ1) is 17.7. The minimum absolute atomic E-state index is 0.268. The van der Waals surface area contributed by atoms with E-state index in [9.17, 15) is 9.59 Å². The highest BCUT2D eigenvalue weighted by Crippen LogP contribution is 2.43. The Kier molecular flexibility index (Phi) is 6.43. The van der Waals surface area contributed by atoms with Gasteiger partial charge in [0.05, 0.1) is 11.6 Å². The van der Waals surface area contributed by atoms with E-state index in [1.165, 1.54) is 0 Å². The van der Waals surface area contributed by atoms with E-state index in [4.69, 9.17) is 0 Å². The van der Waals surface area contributed by atoms with Crippen molar-refractivity contribution in [3.8, 4) is 0 Å². The topological polar surface area (TPSA) is 58.2 Å². The molecule has 0 heterocycles. The lowest BCUT2D eigenvalue weighted by Gasteiger charge is -2.23. The molecule has 0 saturated heterocycles. The molecule has 0 aromatic carbocycles. The van der Waals surface area contributed by atoms with Crippen molar-refractivity contribution in [2.75, 3.05) is 0 Å². The van der Waals surface area contributed by atoms with Crippen LogP contribution >= 0.6 is 0 Å². The van der Waals surface area contributed by atoms with Crippen LogP contribution in [-0.4, -0.2) is 23.9 Å². The van der Waals surface area contributed by atoms with Crippen LogP contribution in [0.5, 0.6) is 0 Å². The Morgan fingerprint density at radius 3 is 2.43 bits per heavy atom. The Hall–Kier alpha value is -1.32. The Morgan fingerprint density at radius 2 is 2.05 bits per heavy atom. The Morgan fingerprint density at radius 1 is 1.43 bits per heavy atom. The third-order valence-electron chi connectivity index (χ3n) is 4.52. The normalized spacial score (nSPS) is 26.8. The van der Waals surface area contributed by atoms with Gasteiger partial charge < -0.3 is 15.4 Å². The van der Waals surface area contributed by atoms with Gasteiger partial charge in [0.15, 0.2) is 0 Å².